The number of para-hydroxylation sites is 1. The van der Waals surface area contributed by atoms with Gasteiger partial charge in [-0.15, -0.1) is 0 Å². The molecule has 0 radical (unpaired) electrons. The van der Waals surface area contributed by atoms with Crippen LogP contribution in [0.15, 0.2) is 48.5 Å². The zero-order valence-electron chi connectivity index (χ0n) is 10.9. The standard InChI is InChI=1S/C9H12O2.C7H8/c1-2-4-7-5-3-6-8(10)9(7)11;1-7-5-3-2-4-6-7/h3,5-6,10-11H,2,4H2,1H3;2-6H,1H3. The molecule has 2 rings (SSSR count). The lowest BCUT2D eigenvalue weighted by molar-refractivity contribution is 0.399. The van der Waals surface area contributed by atoms with E-state index in [2.05, 4.69) is 19.1 Å². The van der Waals surface area contributed by atoms with E-state index in [0.717, 1.165) is 18.4 Å². The maximum atomic E-state index is 9.28. The smallest absolute Gasteiger partial charge is 0.160 e. The normalized spacial score (nSPS) is 9.44. The lowest BCUT2D eigenvalue weighted by Gasteiger charge is -2.03. The van der Waals surface area contributed by atoms with Crippen LogP contribution in [0.2, 0.25) is 0 Å². The fourth-order valence-electron chi connectivity index (χ4n) is 1.58. The average Bonchev–Trinajstić information content (AvgIpc) is 2.37. The van der Waals surface area contributed by atoms with E-state index in [9.17, 15) is 5.11 Å². The number of phenolic OH excluding ortho intramolecular Hbond substituents is 2. The molecule has 2 nitrogen and oxygen atoms in total. The topological polar surface area (TPSA) is 40.5 Å². The van der Waals surface area contributed by atoms with Gasteiger partial charge in [-0.25, -0.2) is 0 Å². The third kappa shape index (κ3) is 4.50. The van der Waals surface area contributed by atoms with Crippen molar-refractivity contribution in [1.29, 1.82) is 0 Å². The molecular weight excluding hydrogens is 224 g/mol. The minimum atomic E-state index is -0.0315. The maximum Gasteiger partial charge on any atom is 0.160 e. The van der Waals surface area contributed by atoms with E-state index in [4.69, 9.17) is 5.11 Å². The number of hydrogen-bond donors (Lipinski definition) is 2. The van der Waals surface area contributed by atoms with Crippen LogP contribution in [0.4, 0.5) is 0 Å². The van der Waals surface area contributed by atoms with Crippen molar-refractivity contribution in [2.24, 2.45) is 0 Å². The summed E-state index contributed by atoms with van der Waals surface area (Å²) in [4.78, 5) is 0. The van der Waals surface area contributed by atoms with Gasteiger partial charge in [-0.05, 0) is 25.0 Å². The molecule has 0 aromatic heterocycles. The van der Waals surface area contributed by atoms with Gasteiger partial charge in [0.15, 0.2) is 11.5 Å². The Bertz CT molecular complexity index is 464. The Morgan fingerprint density at radius 2 is 1.56 bits per heavy atom. The molecule has 0 spiro atoms. The van der Waals surface area contributed by atoms with E-state index < -0.39 is 0 Å². The molecule has 0 aliphatic carbocycles. The van der Waals surface area contributed by atoms with Crippen molar-refractivity contribution >= 4 is 0 Å². The third-order valence-electron chi connectivity index (χ3n) is 2.56. The second-order valence-corrected chi connectivity index (χ2v) is 4.19. The molecule has 0 heterocycles. The molecule has 0 unspecified atom stereocenters. The lowest BCUT2D eigenvalue weighted by Crippen LogP contribution is -1.83. The van der Waals surface area contributed by atoms with E-state index in [0.29, 0.717) is 0 Å². The van der Waals surface area contributed by atoms with Crippen molar-refractivity contribution in [3.63, 3.8) is 0 Å². The summed E-state index contributed by atoms with van der Waals surface area (Å²) >= 11 is 0. The van der Waals surface area contributed by atoms with Crippen molar-refractivity contribution in [3.8, 4) is 11.5 Å². The van der Waals surface area contributed by atoms with E-state index in [1.54, 1.807) is 6.07 Å². The van der Waals surface area contributed by atoms with Crippen molar-refractivity contribution in [2.75, 3.05) is 0 Å². The second-order valence-electron chi connectivity index (χ2n) is 4.19. The summed E-state index contributed by atoms with van der Waals surface area (Å²) in [7, 11) is 0. The molecule has 0 saturated carbocycles. The van der Waals surface area contributed by atoms with E-state index >= 15 is 0 Å². The van der Waals surface area contributed by atoms with Crippen LogP contribution in [-0.2, 0) is 6.42 Å². The van der Waals surface area contributed by atoms with Crippen LogP contribution in [0, 0.1) is 6.92 Å². The van der Waals surface area contributed by atoms with Gasteiger partial charge in [0, 0.05) is 0 Å². The largest absolute Gasteiger partial charge is 0.504 e. The van der Waals surface area contributed by atoms with Gasteiger partial charge in [0.25, 0.3) is 0 Å². The number of rotatable bonds is 2. The van der Waals surface area contributed by atoms with Crippen LogP contribution < -0.4 is 0 Å². The molecule has 0 aliphatic rings. The van der Waals surface area contributed by atoms with Gasteiger partial charge >= 0.3 is 0 Å². The maximum absolute atomic E-state index is 9.28. The van der Waals surface area contributed by atoms with Gasteiger partial charge in [0.05, 0.1) is 0 Å². The van der Waals surface area contributed by atoms with Gasteiger partial charge in [0.1, 0.15) is 0 Å². The average molecular weight is 244 g/mol. The predicted molar refractivity (Wildman–Crippen MR) is 74.9 cm³/mol. The Kier molecular flexibility index (Phi) is 5.78. The molecule has 0 saturated heterocycles. The van der Waals surface area contributed by atoms with Crippen molar-refractivity contribution in [3.05, 3.63) is 59.7 Å². The van der Waals surface area contributed by atoms with Crippen molar-refractivity contribution < 1.29 is 10.2 Å². The third-order valence-corrected chi connectivity index (χ3v) is 2.56. The van der Waals surface area contributed by atoms with Crippen molar-refractivity contribution in [1.82, 2.24) is 0 Å². The highest BCUT2D eigenvalue weighted by atomic mass is 16.3. The van der Waals surface area contributed by atoms with Crippen molar-refractivity contribution in [2.45, 2.75) is 26.7 Å². The molecule has 2 aromatic rings. The Hall–Kier alpha value is -1.96. The zero-order chi connectivity index (χ0) is 13.4. The van der Waals surface area contributed by atoms with Crippen LogP contribution in [0.5, 0.6) is 11.5 Å². The first kappa shape index (κ1) is 14.1. The summed E-state index contributed by atoms with van der Waals surface area (Å²) in [5.41, 5.74) is 2.13. The zero-order valence-corrected chi connectivity index (χ0v) is 10.9. The highest BCUT2D eigenvalue weighted by molar-refractivity contribution is 5.44. The molecule has 0 aliphatic heterocycles. The van der Waals surface area contributed by atoms with E-state index in [1.165, 1.54) is 11.6 Å². The lowest BCUT2D eigenvalue weighted by atomic mass is 10.1. The molecule has 0 fully saturated rings. The number of phenols is 2. The summed E-state index contributed by atoms with van der Waals surface area (Å²) < 4.78 is 0. The number of hydrogen-bond acceptors (Lipinski definition) is 2. The minimum absolute atomic E-state index is 0.0225. The van der Waals surface area contributed by atoms with Gasteiger partial charge in [-0.1, -0.05) is 61.4 Å². The first-order valence-electron chi connectivity index (χ1n) is 6.16. The highest BCUT2D eigenvalue weighted by Crippen LogP contribution is 2.28. The molecule has 18 heavy (non-hydrogen) atoms. The molecular formula is C16H20O2. The van der Waals surface area contributed by atoms with E-state index in [1.807, 2.05) is 31.2 Å². The van der Waals surface area contributed by atoms with Crippen LogP contribution >= 0.6 is 0 Å². The van der Waals surface area contributed by atoms with Gasteiger partial charge in [-0.3, -0.25) is 0 Å². The Labute approximate surface area is 109 Å². The monoisotopic (exact) mass is 244 g/mol. The number of aromatic hydroxyl groups is 2. The first-order chi connectivity index (χ1) is 8.65. The van der Waals surface area contributed by atoms with Gasteiger partial charge in [-0.2, -0.15) is 0 Å². The summed E-state index contributed by atoms with van der Waals surface area (Å²) in [6, 6.07) is 15.3. The Morgan fingerprint density at radius 3 is 2.06 bits per heavy atom. The molecule has 0 atom stereocenters. The second kappa shape index (κ2) is 7.38. The molecule has 96 valence electrons. The Morgan fingerprint density at radius 1 is 0.889 bits per heavy atom. The fraction of sp³-hybridized carbons (Fsp3) is 0.250. The summed E-state index contributed by atoms with van der Waals surface area (Å²) in [5.74, 6) is -0.00898. The van der Waals surface area contributed by atoms with Crippen LogP contribution in [-0.4, -0.2) is 10.2 Å². The molecule has 2 heteroatoms. The summed E-state index contributed by atoms with van der Waals surface area (Å²) in [6.07, 6.45) is 1.78. The van der Waals surface area contributed by atoms with Gasteiger partial charge in [0.2, 0.25) is 0 Å². The molecule has 0 amide bonds. The minimum Gasteiger partial charge on any atom is -0.504 e. The highest BCUT2D eigenvalue weighted by Gasteiger charge is 2.02. The van der Waals surface area contributed by atoms with Crippen LogP contribution in [0.3, 0.4) is 0 Å². The summed E-state index contributed by atoms with van der Waals surface area (Å²) in [6.45, 7) is 4.11. The van der Waals surface area contributed by atoms with Crippen LogP contribution in [0.1, 0.15) is 24.5 Å². The first-order valence-corrected chi connectivity index (χ1v) is 6.16. The van der Waals surface area contributed by atoms with Crippen LogP contribution in [0.25, 0.3) is 0 Å². The molecule has 2 aromatic carbocycles. The van der Waals surface area contributed by atoms with E-state index in [-0.39, 0.29) is 11.5 Å². The number of benzene rings is 2. The fourth-order valence-corrected chi connectivity index (χ4v) is 1.58. The Balaban J connectivity index is 0.000000199. The quantitative estimate of drug-likeness (QED) is 0.782. The van der Waals surface area contributed by atoms with Gasteiger partial charge < -0.3 is 10.2 Å². The predicted octanol–water partition coefficient (Wildman–Crippen LogP) is 4.05. The number of aryl methyl sites for hydroxylation is 2. The SMILES string of the molecule is CCCc1cccc(O)c1O.Cc1ccccc1. The molecule has 0 bridgehead atoms. The molecule has 2 N–H and O–H groups in total. The summed E-state index contributed by atoms with van der Waals surface area (Å²) in [5, 5.41) is 18.4.